The van der Waals surface area contributed by atoms with Gasteiger partial charge in [0.05, 0.1) is 22.8 Å². The minimum absolute atomic E-state index is 0.218. The molecule has 1 aliphatic carbocycles. The second kappa shape index (κ2) is 11.7. The monoisotopic (exact) mass is 560 g/mol. The van der Waals surface area contributed by atoms with Gasteiger partial charge in [0.25, 0.3) is 11.8 Å². The predicted octanol–water partition coefficient (Wildman–Crippen LogP) is 5.12. The van der Waals surface area contributed by atoms with Gasteiger partial charge in [0, 0.05) is 6.42 Å². The molecule has 0 radical (unpaired) electrons. The number of hydroxylamine groups is 2. The Balaban J connectivity index is 1.32. The number of carbonyl (C=O) groups excluding carboxylic acids is 2. The van der Waals surface area contributed by atoms with Crippen molar-refractivity contribution in [1.29, 1.82) is 0 Å². The van der Waals surface area contributed by atoms with Crippen LogP contribution in [0.15, 0.2) is 97.1 Å². The van der Waals surface area contributed by atoms with Gasteiger partial charge in [-0.1, -0.05) is 60.7 Å². The second-order valence-electron chi connectivity index (χ2n) is 9.98. The molecule has 2 aromatic heterocycles. The number of para-hydroxylation sites is 1. The van der Waals surface area contributed by atoms with E-state index in [4.69, 9.17) is 0 Å². The molecule has 0 atom stereocenters. The summed E-state index contributed by atoms with van der Waals surface area (Å²) in [6.45, 7) is 0. The molecule has 0 aliphatic heterocycles. The highest BCUT2D eigenvalue weighted by atomic mass is 16.5. The summed E-state index contributed by atoms with van der Waals surface area (Å²) < 4.78 is 3.05. The summed E-state index contributed by atoms with van der Waals surface area (Å²) in [5.74, 6) is -1.28. The SMILES string of the molecule is O=C(NO)c1cc(Cc2ccccc2-c2ccc(-n3nc(C4=CCCC4)cc3C(=O)NO)cc2)nn1-c1ccccc1. The van der Waals surface area contributed by atoms with Crippen LogP contribution in [0.4, 0.5) is 0 Å². The Morgan fingerprint density at radius 3 is 2.10 bits per heavy atom. The number of nitrogens with one attached hydrogen (secondary N) is 2. The third-order valence-corrected chi connectivity index (χ3v) is 7.32. The molecule has 10 nitrogen and oxygen atoms in total. The fourth-order valence-corrected chi connectivity index (χ4v) is 5.29. The van der Waals surface area contributed by atoms with Crippen LogP contribution >= 0.6 is 0 Å². The molecule has 5 aromatic rings. The smallest absolute Gasteiger partial charge is 0.288 e. The van der Waals surface area contributed by atoms with Crippen LogP contribution in [0.1, 0.15) is 57.2 Å². The third-order valence-electron chi connectivity index (χ3n) is 7.32. The van der Waals surface area contributed by atoms with Crippen molar-refractivity contribution in [3.05, 3.63) is 125 Å². The zero-order valence-corrected chi connectivity index (χ0v) is 22.6. The highest BCUT2D eigenvalue weighted by Crippen LogP contribution is 2.30. The van der Waals surface area contributed by atoms with Crippen molar-refractivity contribution >= 4 is 17.4 Å². The summed E-state index contributed by atoms with van der Waals surface area (Å²) in [5, 5.41) is 28.0. The van der Waals surface area contributed by atoms with Gasteiger partial charge in [-0.15, -0.1) is 0 Å². The molecule has 0 unspecified atom stereocenters. The van der Waals surface area contributed by atoms with Gasteiger partial charge in [0.2, 0.25) is 0 Å². The van der Waals surface area contributed by atoms with Crippen molar-refractivity contribution in [3.8, 4) is 22.5 Å². The van der Waals surface area contributed by atoms with Crippen LogP contribution in [0.2, 0.25) is 0 Å². The maximum Gasteiger partial charge on any atom is 0.293 e. The van der Waals surface area contributed by atoms with Crippen molar-refractivity contribution in [3.63, 3.8) is 0 Å². The van der Waals surface area contributed by atoms with Crippen LogP contribution in [0.3, 0.4) is 0 Å². The van der Waals surface area contributed by atoms with E-state index in [0.29, 0.717) is 23.5 Å². The summed E-state index contributed by atoms with van der Waals surface area (Å²) in [5.41, 5.74) is 10.7. The zero-order chi connectivity index (χ0) is 29.1. The molecular weight excluding hydrogens is 532 g/mol. The average Bonchev–Trinajstić information content (AvgIpc) is 3.81. The molecule has 1 aliphatic rings. The maximum atomic E-state index is 12.4. The van der Waals surface area contributed by atoms with Gasteiger partial charge in [-0.05, 0) is 77.9 Å². The van der Waals surface area contributed by atoms with Crippen LogP contribution in [0.25, 0.3) is 28.1 Å². The lowest BCUT2D eigenvalue weighted by Crippen LogP contribution is -2.22. The first-order chi connectivity index (χ1) is 20.6. The largest absolute Gasteiger partial charge is 0.293 e. The lowest BCUT2D eigenvalue weighted by Gasteiger charge is -2.11. The molecular formula is C32H28N6O4. The van der Waals surface area contributed by atoms with Crippen molar-refractivity contribution in [2.24, 2.45) is 0 Å². The fourth-order valence-electron chi connectivity index (χ4n) is 5.29. The molecule has 42 heavy (non-hydrogen) atoms. The topological polar surface area (TPSA) is 134 Å². The number of hydrogen-bond acceptors (Lipinski definition) is 6. The van der Waals surface area contributed by atoms with Gasteiger partial charge in [0.15, 0.2) is 0 Å². The van der Waals surface area contributed by atoms with Crippen molar-refractivity contribution in [1.82, 2.24) is 30.5 Å². The van der Waals surface area contributed by atoms with Crippen LogP contribution in [-0.4, -0.2) is 41.8 Å². The number of nitrogens with zero attached hydrogens (tertiary/aromatic N) is 4. The molecule has 2 amide bonds. The number of allylic oxidation sites excluding steroid dienone is 2. The lowest BCUT2D eigenvalue weighted by molar-refractivity contribution is 0.0693. The number of carbonyl (C=O) groups is 2. The third kappa shape index (κ3) is 5.24. The van der Waals surface area contributed by atoms with Gasteiger partial charge < -0.3 is 0 Å². The molecule has 210 valence electrons. The molecule has 2 heterocycles. The lowest BCUT2D eigenvalue weighted by atomic mass is 9.96. The number of aromatic nitrogens is 4. The van der Waals surface area contributed by atoms with E-state index in [1.54, 1.807) is 27.8 Å². The summed E-state index contributed by atoms with van der Waals surface area (Å²) in [7, 11) is 0. The number of hydrogen-bond donors (Lipinski definition) is 4. The Hall–Kier alpha value is -5.32. The number of amides is 2. The normalized spacial score (nSPS) is 12.7. The molecule has 0 bridgehead atoms. The van der Waals surface area contributed by atoms with E-state index in [2.05, 4.69) is 16.3 Å². The maximum absolute atomic E-state index is 12.4. The number of rotatable bonds is 8. The zero-order valence-electron chi connectivity index (χ0n) is 22.6. The summed E-state index contributed by atoms with van der Waals surface area (Å²) in [6.07, 6.45) is 5.53. The Kier molecular flexibility index (Phi) is 7.46. The Labute approximate surface area is 241 Å². The molecule has 4 N–H and O–H groups in total. The first-order valence-corrected chi connectivity index (χ1v) is 13.6. The quantitative estimate of drug-likeness (QED) is 0.154. The average molecular weight is 561 g/mol. The minimum atomic E-state index is -0.651. The standard InChI is InChI=1S/C32H28N6O4/c39-31(35-41)29-19-24(33-37(29)25-11-2-1-3-12-25)18-23-10-6-7-13-27(23)21-14-16-26(17-15-21)38-30(32(40)36-42)20-28(34-38)22-8-4-5-9-22/h1-3,6-8,10-17,19-20,41-42H,4-5,9,18H2,(H,35,39)(H,36,40). The predicted molar refractivity (Wildman–Crippen MR) is 156 cm³/mol. The fraction of sp³-hybridized carbons (Fsp3) is 0.125. The van der Waals surface area contributed by atoms with E-state index in [-0.39, 0.29) is 11.4 Å². The molecule has 10 heteroatoms. The molecule has 6 rings (SSSR count). The number of benzene rings is 3. The summed E-state index contributed by atoms with van der Waals surface area (Å²) in [6, 6.07) is 28.2. The van der Waals surface area contributed by atoms with E-state index in [1.165, 1.54) is 4.68 Å². The van der Waals surface area contributed by atoms with Crippen molar-refractivity contribution in [2.45, 2.75) is 25.7 Å². The van der Waals surface area contributed by atoms with E-state index in [9.17, 15) is 20.0 Å². The van der Waals surface area contributed by atoms with Crippen LogP contribution in [0, 0.1) is 0 Å². The highest BCUT2D eigenvalue weighted by molar-refractivity contribution is 5.93. The second-order valence-corrected chi connectivity index (χ2v) is 9.98. The van der Waals surface area contributed by atoms with Gasteiger partial charge in [-0.2, -0.15) is 10.2 Å². The Bertz CT molecular complexity index is 1790. The molecule has 0 saturated carbocycles. The van der Waals surface area contributed by atoms with Gasteiger partial charge in [-0.25, -0.2) is 20.3 Å². The molecule has 3 aromatic carbocycles. The van der Waals surface area contributed by atoms with Crippen molar-refractivity contribution in [2.75, 3.05) is 0 Å². The first-order valence-electron chi connectivity index (χ1n) is 13.6. The minimum Gasteiger partial charge on any atom is -0.288 e. The van der Waals surface area contributed by atoms with Gasteiger partial charge in [-0.3, -0.25) is 20.0 Å². The van der Waals surface area contributed by atoms with Crippen LogP contribution < -0.4 is 11.0 Å². The summed E-state index contributed by atoms with van der Waals surface area (Å²) in [4.78, 5) is 24.8. The van der Waals surface area contributed by atoms with E-state index < -0.39 is 11.8 Å². The van der Waals surface area contributed by atoms with Gasteiger partial charge >= 0.3 is 0 Å². The Morgan fingerprint density at radius 1 is 0.762 bits per heavy atom. The van der Waals surface area contributed by atoms with E-state index in [0.717, 1.165) is 47.2 Å². The molecule has 0 spiro atoms. The highest BCUT2D eigenvalue weighted by Gasteiger charge is 2.20. The summed E-state index contributed by atoms with van der Waals surface area (Å²) >= 11 is 0. The van der Waals surface area contributed by atoms with E-state index >= 15 is 0 Å². The van der Waals surface area contributed by atoms with Crippen molar-refractivity contribution < 1.29 is 20.0 Å². The molecule has 0 fully saturated rings. The van der Waals surface area contributed by atoms with Gasteiger partial charge in [0.1, 0.15) is 11.4 Å². The molecule has 0 saturated heterocycles. The first kappa shape index (κ1) is 26.9. The Morgan fingerprint density at radius 2 is 1.40 bits per heavy atom. The van der Waals surface area contributed by atoms with Crippen LogP contribution in [-0.2, 0) is 6.42 Å². The van der Waals surface area contributed by atoms with E-state index in [1.807, 2.05) is 78.9 Å². The van der Waals surface area contributed by atoms with Crippen LogP contribution in [0.5, 0.6) is 0 Å².